The van der Waals surface area contributed by atoms with Gasteiger partial charge in [-0.2, -0.15) is 0 Å². The van der Waals surface area contributed by atoms with Crippen molar-refractivity contribution >= 4 is 11.9 Å². The van der Waals surface area contributed by atoms with Crippen LogP contribution in [0.5, 0.6) is 11.5 Å². The predicted molar refractivity (Wildman–Crippen MR) is 99.2 cm³/mol. The van der Waals surface area contributed by atoms with Crippen LogP contribution in [0, 0.1) is 0 Å². The Bertz CT molecular complexity index is 743. The lowest BCUT2D eigenvalue weighted by atomic mass is 10.0. The molecule has 0 saturated heterocycles. The third-order valence-corrected chi connectivity index (χ3v) is 3.77. The molecule has 0 unspecified atom stereocenters. The molecule has 27 heavy (non-hydrogen) atoms. The van der Waals surface area contributed by atoms with Gasteiger partial charge in [0.1, 0.15) is 11.5 Å². The number of carboxylic acid groups (broad SMARTS) is 1. The van der Waals surface area contributed by atoms with Crippen LogP contribution in [0.1, 0.15) is 38.8 Å². The molecular weight excluding hydrogens is 346 g/mol. The lowest BCUT2D eigenvalue weighted by Gasteiger charge is -2.23. The number of rotatable bonds is 9. The zero-order valence-electron chi connectivity index (χ0n) is 15.7. The zero-order valence-corrected chi connectivity index (χ0v) is 15.7. The summed E-state index contributed by atoms with van der Waals surface area (Å²) >= 11 is 0. The number of amides is 1. The normalized spacial score (nSPS) is 12.9. The van der Waals surface area contributed by atoms with E-state index in [1.807, 2.05) is 19.9 Å². The number of benzene rings is 2. The van der Waals surface area contributed by atoms with E-state index in [-0.39, 0.29) is 12.5 Å². The van der Waals surface area contributed by atoms with Gasteiger partial charge in [0.25, 0.3) is 5.91 Å². The van der Waals surface area contributed by atoms with Crippen molar-refractivity contribution in [1.82, 2.24) is 5.32 Å². The second-order valence-corrected chi connectivity index (χ2v) is 6.45. The Morgan fingerprint density at radius 1 is 0.926 bits per heavy atom. The maximum Gasteiger partial charge on any atom is 0.261 e. The van der Waals surface area contributed by atoms with Gasteiger partial charge < -0.3 is 24.7 Å². The van der Waals surface area contributed by atoms with Gasteiger partial charge in [-0.25, -0.2) is 0 Å². The number of hydrogen-bond acceptors (Lipinski definition) is 5. The van der Waals surface area contributed by atoms with E-state index in [4.69, 9.17) is 9.47 Å². The Morgan fingerprint density at radius 3 is 2.07 bits per heavy atom. The van der Waals surface area contributed by atoms with Gasteiger partial charge in [-0.3, -0.25) is 4.79 Å². The molecule has 2 rings (SSSR count). The van der Waals surface area contributed by atoms with Crippen molar-refractivity contribution in [2.75, 3.05) is 0 Å². The second-order valence-electron chi connectivity index (χ2n) is 6.45. The second kappa shape index (κ2) is 9.62. The first-order chi connectivity index (χ1) is 12.8. The summed E-state index contributed by atoms with van der Waals surface area (Å²) in [6.45, 7) is 5.44. The number of carbonyl (C=O) groups is 2. The molecule has 0 heterocycles. The van der Waals surface area contributed by atoms with Gasteiger partial charge in [0, 0.05) is 12.4 Å². The van der Waals surface area contributed by atoms with Crippen molar-refractivity contribution in [2.24, 2.45) is 0 Å². The van der Waals surface area contributed by atoms with Gasteiger partial charge >= 0.3 is 0 Å². The van der Waals surface area contributed by atoms with E-state index in [0.717, 1.165) is 0 Å². The van der Waals surface area contributed by atoms with Crippen LogP contribution >= 0.6 is 0 Å². The molecule has 2 aromatic carbocycles. The van der Waals surface area contributed by atoms with E-state index in [1.165, 1.54) is 0 Å². The molecule has 0 bridgehead atoms. The van der Waals surface area contributed by atoms with Crippen molar-refractivity contribution in [1.29, 1.82) is 0 Å². The van der Waals surface area contributed by atoms with Crippen molar-refractivity contribution in [2.45, 2.75) is 45.4 Å². The van der Waals surface area contributed by atoms with Crippen molar-refractivity contribution in [3.8, 4) is 11.5 Å². The summed E-state index contributed by atoms with van der Waals surface area (Å²) < 4.78 is 11.2. The van der Waals surface area contributed by atoms with Crippen LogP contribution in [0.2, 0.25) is 0 Å². The van der Waals surface area contributed by atoms with Crippen LogP contribution in [0.3, 0.4) is 0 Å². The van der Waals surface area contributed by atoms with Crippen LogP contribution < -0.4 is 19.9 Å². The third-order valence-electron chi connectivity index (χ3n) is 3.77. The molecule has 0 radical (unpaired) electrons. The molecule has 6 nitrogen and oxygen atoms in total. The highest BCUT2D eigenvalue weighted by atomic mass is 16.5. The van der Waals surface area contributed by atoms with Crippen molar-refractivity contribution < 1.29 is 24.2 Å². The van der Waals surface area contributed by atoms with Crippen LogP contribution in [0.15, 0.2) is 54.6 Å². The minimum atomic E-state index is -1.25. The molecule has 0 fully saturated rings. The number of nitrogens with one attached hydrogen (secondary N) is 1. The van der Waals surface area contributed by atoms with Crippen molar-refractivity contribution in [3.05, 3.63) is 60.2 Å². The molecular formula is C21H24NO5-. The van der Waals surface area contributed by atoms with Gasteiger partial charge in [-0.05, 0) is 50.6 Å². The first-order valence-electron chi connectivity index (χ1n) is 8.83. The van der Waals surface area contributed by atoms with E-state index in [9.17, 15) is 14.7 Å². The highest BCUT2D eigenvalue weighted by Crippen LogP contribution is 2.21. The average molecular weight is 370 g/mol. The minimum absolute atomic E-state index is 0.0329. The van der Waals surface area contributed by atoms with Gasteiger partial charge in [0.2, 0.25) is 0 Å². The Morgan fingerprint density at radius 2 is 1.52 bits per heavy atom. The van der Waals surface area contributed by atoms with Gasteiger partial charge in [0.05, 0.1) is 12.1 Å². The topological polar surface area (TPSA) is 87.7 Å². The largest absolute Gasteiger partial charge is 0.550 e. The summed E-state index contributed by atoms with van der Waals surface area (Å²) in [7, 11) is 0. The van der Waals surface area contributed by atoms with E-state index < -0.39 is 24.0 Å². The number of ether oxygens (including phenoxy) is 2. The molecule has 6 heteroatoms. The Hall–Kier alpha value is -3.02. The summed E-state index contributed by atoms with van der Waals surface area (Å²) in [5.74, 6) is -0.424. The fourth-order valence-electron chi connectivity index (χ4n) is 2.52. The highest BCUT2D eigenvalue weighted by molar-refractivity contribution is 5.81. The summed E-state index contributed by atoms with van der Waals surface area (Å²) in [4.78, 5) is 23.6. The van der Waals surface area contributed by atoms with Crippen LogP contribution in [-0.2, 0) is 9.59 Å². The third kappa shape index (κ3) is 6.66. The summed E-state index contributed by atoms with van der Waals surface area (Å²) in [5.41, 5.74) is 0.649. The number of carbonyl (C=O) groups excluding carboxylic acids is 2. The highest BCUT2D eigenvalue weighted by Gasteiger charge is 2.20. The number of aliphatic carboxylic acids is 1. The Kier molecular flexibility index (Phi) is 7.23. The molecule has 0 spiro atoms. The smallest absolute Gasteiger partial charge is 0.261 e. The Labute approximate surface area is 159 Å². The molecule has 1 amide bonds. The summed E-state index contributed by atoms with van der Waals surface area (Å²) in [6.07, 6.45) is -1.08. The average Bonchev–Trinajstić information content (AvgIpc) is 2.61. The first kappa shape index (κ1) is 20.3. The van der Waals surface area contributed by atoms with Crippen LogP contribution in [0.25, 0.3) is 0 Å². The number of para-hydroxylation sites is 1. The standard InChI is InChI=1S/C21H25NO5/c1-14(2)26-18-11-9-16(10-12-18)19(13-20(23)24)22-21(25)15(3)27-17-7-5-4-6-8-17/h4-12,14-15,19H,13H2,1-3H3,(H,22,25)(H,23,24)/p-1/t15-,19-/m1/s1. The molecule has 0 aliphatic rings. The van der Waals surface area contributed by atoms with Crippen LogP contribution in [0.4, 0.5) is 0 Å². The molecule has 0 aliphatic heterocycles. The Balaban J connectivity index is 2.06. The van der Waals surface area contributed by atoms with E-state index in [1.54, 1.807) is 55.5 Å². The fourth-order valence-corrected chi connectivity index (χ4v) is 2.52. The number of hydrogen-bond donors (Lipinski definition) is 1. The van der Waals surface area contributed by atoms with Gasteiger partial charge in [-0.1, -0.05) is 30.3 Å². The quantitative estimate of drug-likeness (QED) is 0.731. The summed E-state index contributed by atoms with van der Waals surface area (Å²) in [5, 5.41) is 13.8. The van der Waals surface area contributed by atoms with E-state index in [2.05, 4.69) is 5.32 Å². The number of carboxylic acids is 1. The zero-order chi connectivity index (χ0) is 19.8. The molecule has 0 saturated carbocycles. The van der Waals surface area contributed by atoms with Crippen molar-refractivity contribution in [3.63, 3.8) is 0 Å². The lowest BCUT2D eigenvalue weighted by Crippen LogP contribution is -2.40. The van der Waals surface area contributed by atoms with Crippen LogP contribution in [-0.4, -0.2) is 24.1 Å². The monoisotopic (exact) mass is 370 g/mol. The van der Waals surface area contributed by atoms with E-state index in [0.29, 0.717) is 17.1 Å². The predicted octanol–water partition coefficient (Wildman–Crippen LogP) is 2.24. The molecule has 0 aliphatic carbocycles. The van der Waals surface area contributed by atoms with Gasteiger partial charge in [-0.15, -0.1) is 0 Å². The maximum atomic E-state index is 12.5. The summed E-state index contributed by atoms with van der Waals surface area (Å²) in [6, 6.07) is 15.2. The fraction of sp³-hybridized carbons (Fsp3) is 0.333. The maximum absolute atomic E-state index is 12.5. The van der Waals surface area contributed by atoms with E-state index >= 15 is 0 Å². The van der Waals surface area contributed by atoms with Gasteiger partial charge in [0.15, 0.2) is 6.10 Å². The molecule has 0 aromatic heterocycles. The molecule has 2 atom stereocenters. The molecule has 2 aromatic rings. The molecule has 144 valence electrons. The lowest BCUT2D eigenvalue weighted by molar-refractivity contribution is -0.306. The SMILES string of the molecule is CC(C)Oc1ccc([C@@H](CC(=O)[O-])NC(=O)[C@@H](C)Oc2ccccc2)cc1. The minimum Gasteiger partial charge on any atom is -0.550 e. The molecule has 1 N–H and O–H groups in total. The first-order valence-corrected chi connectivity index (χ1v) is 8.83.